The van der Waals surface area contributed by atoms with Crippen LogP contribution in [0.1, 0.15) is 48.3 Å². The van der Waals surface area contributed by atoms with Crippen molar-refractivity contribution in [2.45, 2.75) is 39.7 Å². The first-order valence-electron chi connectivity index (χ1n) is 9.28. The Balaban J connectivity index is 1.78. The number of hydrogen-bond acceptors (Lipinski definition) is 6. The monoisotopic (exact) mass is 397 g/mol. The van der Waals surface area contributed by atoms with Gasteiger partial charge in [-0.15, -0.1) is 0 Å². The van der Waals surface area contributed by atoms with E-state index in [2.05, 4.69) is 0 Å². The van der Waals surface area contributed by atoms with Crippen molar-refractivity contribution in [3.63, 3.8) is 0 Å². The smallest absolute Gasteiger partial charge is 0.291 e. The fourth-order valence-corrected chi connectivity index (χ4v) is 3.36. The molecule has 1 aromatic heterocycles. The van der Waals surface area contributed by atoms with Crippen molar-refractivity contribution < 1.29 is 18.8 Å². The zero-order valence-corrected chi connectivity index (χ0v) is 16.9. The van der Waals surface area contributed by atoms with Crippen molar-refractivity contribution in [2.24, 2.45) is 0 Å². The summed E-state index contributed by atoms with van der Waals surface area (Å²) < 4.78 is 17.0. The number of non-ortho nitro benzene ring substituents is 1. The summed E-state index contributed by atoms with van der Waals surface area (Å²) in [6.45, 7) is 5.35. The minimum Gasteiger partial charge on any atom is -0.487 e. The standard InChI is InChI=1S/C22H23NO6/c1-13(11-16-5-7-17(8-6-16)23(25)26)12-18-9-10-19(28-18)21-14(2)20(24)15(3)22(27-4)29-21/h5-8,11-12,19H,9-10H2,1-4H3/b13-11+,18-12-/t19-/m1/s1. The van der Waals surface area contributed by atoms with Gasteiger partial charge in [-0.25, -0.2) is 0 Å². The van der Waals surface area contributed by atoms with E-state index < -0.39 is 4.92 Å². The maximum atomic E-state index is 12.4. The van der Waals surface area contributed by atoms with Crippen LogP contribution in [0.4, 0.5) is 5.69 Å². The highest BCUT2D eigenvalue weighted by atomic mass is 16.6. The Kier molecular flexibility index (Phi) is 5.87. The van der Waals surface area contributed by atoms with E-state index in [4.69, 9.17) is 13.9 Å². The fourth-order valence-electron chi connectivity index (χ4n) is 3.36. The van der Waals surface area contributed by atoms with Crippen molar-refractivity contribution in [3.05, 3.63) is 84.5 Å². The number of hydrogen-bond donors (Lipinski definition) is 0. The molecule has 0 radical (unpaired) electrons. The lowest BCUT2D eigenvalue weighted by atomic mass is 10.1. The number of benzene rings is 1. The highest BCUT2D eigenvalue weighted by molar-refractivity contribution is 5.57. The Bertz CT molecular complexity index is 1050. The second-order valence-electron chi connectivity index (χ2n) is 7.03. The molecule has 152 valence electrons. The molecule has 29 heavy (non-hydrogen) atoms. The lowest BCUT2D eigenvalue weighted by molar-refractivity contribution is -0.384. The maximum absolute atomic E-state index is 12.4. The van der Waals surface area contributed by atoms with Crippen LogP contribution < -0.4 is 10.2 Å². The molecule has 1 fully saturated rings. The summed E-state index contributed by atoms with van der Waals surface area (Å²) in [5, 5.41) is 10.7. The zero-order valence-electron chi connectivity index (χ0n) is 16.9. The third-order valence-electron chi connectivity index (χ3n) is 4.87. The normalized spacial score (nSPS) is 18.0. The SMILES string of the molecule is COc1oc([C@H]2CC/C(=C/C(C)=C/c3ccc([N+](=O)[O-])cc3)O2)c(C)c(=O)c1C. The second-order valence-corrected chi connectivity index (χ2v) is 7.03. The molecule has 1 atom stereocenters. The average molecular weight is 397 g/mol. The van der Waals surface area contributed by atoms with Crippen molar-refractivity contribution >= 4 is 11.8 Å². The van der Waals surface area contributed by atoms with Gasteiger partial charge in [-0.1, -0.05) is 6.08 Å². The van der Waals surface area contributed by atoms with Gasteiger partial charge in [0.05, 0.1) is 23.4 Å². The van der Waals surface area contributed by atoms with Crippen molar-refractivity contribution in [1.29, 1.82) is 0 Å². The Morgan fingerprint density at radius 1 is 1.24 bits per heavy atom. The van der Waals surface area contributed by atoms with Crippen LogP contribution in [0.5, 0.6) is 5.95 Å². The first-order chi connectivity index (χ1) is 13.8. The van der Waals surface area contributed by atoms with Crippen molar-refractivity contribution in [1.82, 2.24) is 0 Å². The van der Waals surface area contributed by atoms with E-state index in [9.17, 15) is 14.9 Å². The van der Waals surface area contributed by atoms with Crippen LogP contribution in [0, 0.1) is 24.0 Å². The molecule has 0 saturated carbocycles. The highest BCUT2D eigenvalue weighted by Gasteiger charge is 2.28. The molecule has 1 aliphatic heterocycles. The molecule has 1 aliphatic rings. The van der Waals surface area contributed by atoms with E-state index >= 15 is 0 Å². The molecule has 0 amide bonds. The molecule has 0 unspecified atom stereocenters. The van der Waals surface area contributed by atoms with Crippen molar-refractivity contribution in [3.8, 4) is 5.95 Å². The summed E-state index contributed by atoms with van der Waals surface area (Å²) in [5.74, 6) is 1.51. The summed E-state index contributed by atoms with van der Waals surface area (Å²) in [5.41, 5.74) is 2.76. The molecule has 2 aromatic rings. The van der Waals surface area contributed by atoms with Gasteiger partial charge in [0, 0.05) is 24.1 Å². The van der Waals surface area contributed by atoms with Crippen LogP contribution in [0.2, 0.25) is 0 Å². The van der Waals surface area contributed by atoms with E-state index in [0.717, 1.165) is 23.3 Å². The minimum absolute atomic E-state index is 0.0607. The van der Waals surface area contributed by atoms with Gasteiger partial charge < -0.3 is 13.9 Å². The molecule has 1 aromatic carbocycles. The molecule has 7 nitrogen and oxygen atoms in total. The summed E-state index contributed by atoms with van der Waals surface area (Å²) in [6.07, 6.45) is 4.94. The Labute approximate surface area is 168 Å². The van der Waals surface area contributed by atoms with E-state index in [1.165, 1.54) is 19.2 Å². The van der Waals surface area contributed by atoms with E-state index in [1.54, 1.807) is 26.0 Å². The van der Waals surface area contributed by atoms with Crippen LogP contribution in [0.3, 0.4) is 0 Å². The van der Waals surface area contributed by atoms with Crippen LogP contribution in [0.15, 0.2) is 50.9 Å². The Hall–Kier alpha value is -3.35. The third kappa shape index (κ3) is 4.39. The predicted octanol–water partition coefficient (Wildman–Crippen LogP) is 5.01. The Morgan fingerprint density at radius 3 is 2.55 bits per heavy atom. The minimum atomic E-state index is -0.421. The van der Waals surface area contributed by atoms with Gasteiger partial charge >= 0.3 is 0 Å². The molecule has 7 heteroatoms. The van der Waals surface area contributed by atoms with E-state index in [1.807, 2.05) is 19.1 Å². The van der Waals surface area contributed by atoms with Crippen LogP contribution in [-0.4, -0.2) is 12.0 Å². The Morgan fingerprint density at radius 2 is 1.93 bits per heavy atom. The lowest BCUT2D eigenvalue weighted by Crippen LogP contribution is -2.15. The molecule has 0 aliphatic carbocycles. The number of nitro groups is 1. The number of nitro benzene ring substituents is 1. The summed E-state index contributed by atoms with van der Waals surface area (Å²) >= 11 is 0. The average Bonchev–Trinajstić information content (AvgIpc) is 3.14. The molecule has 0 N–H and O–H groups in total. The van der Waals surface area contributed by atoms with Gasteiger partial charge in [0.15, 0.2) is 17.3 Å². The number of rotatable bonds is 5. The van der Waals surface area contributed by atoms with Gasteiger partial charge in [0.1, 0.15) is 0 Å². The molecular formula is C22H23NO6. The quantitative estimate of drug-likeness (QED) is 0.520. The van der Waals surface area contributed by atoms with Crippen molar-refractivity contribution in [2.75, 3.05) is 7.11 Å². The van der Waals surface area contributed by atoms with E-state index in [0.29, 0.717) is 23.3 Å². The van der Waals surface area contributed by atoms with Gasteiger partial charge in [-0.3, -0.25) is 14.9 Å². The van der Waals surface area contributed by atoms with Gasteiger partial charge in [-0.2, -0.15) is 0 Å². The van der Waals surface area contributed by atoms with Crippen LogP contribution >= 0.6 is 0 Å². The maximum Gasteiger partial charge on any atom is 0.291 e. The number of nitrogens with zero attached hydrogens (tertiary/aromatic N) is 1. The zero-order chi connectivity index (χ0) is 21.1. The molecule has 1 saturated heterocycles. The molecule has 0 spiro atoms. The van der Waals surface area contributed by atoms with Crippen LogP contribution in [0.25, 0.3) is 6.08 Å². The van der Waals surface area contributed by atoms with Gasteiger partial charge in [0.2, 0.25) is 0 Å². The number of ether oxygens (including phenoxy) is 2. The largest absolute Gasteiger partial charge is 0.487 e. The molecule has 2 heterocycles. The molecule has 0 bridgehead atoms. The van der Waals surface area contributed by atoms with Gasteiger partial charge in [0.25, 0.3) is 11.6 Å². The van der Waals surface area contributed by atoms with Gasteiger partial charge in [-0.05, 0) is 56.5 Å². The van der Waals surface area contributed by atoms with Crippen LogP contribution in [-0.2, 0) is 4.74 Å². The molecular weight excluding hydrogens is 374 g/mol. The highest BCUT2D eigenvalue weighted by Crippen LogP contribution is 2.38. The summed E-state index contributed by atoms with van der Waals surface area (Å²) in [6, 6.07) is 6.36. The topological polar surface area (TPSA) is 91.8 Å². The molecule has 3 rings (SSSR count). The lowest BCUT2D eigenvalue weighted by Gasteiger charge is -2.14. The summed E-state index contributed by atoms with van der Waals surface area (Å²) in [4.78, 5) is 22.7. The second kappa shape index (κ2) is 8.34. The number of methoxy groups -OCH3 is 1. The first-order valence-corrected chi connectivity index (χ1v) is 9.28. The fraction of sp³-hybridized carbons (Fsp3) is 0.318. The first kappa shape index (κ1) is 20.4. The third-order valence-corrected chi connectivity index (χ3v) is 4.87. The number of allylic oxidation sites excluding steroid dienone is 3. The predicted molar refractivity (Wildman–Crippen MR) is 109 cm³/mol. The van der Waals surface area contributed by atoms with E-state index in [-0.39, 0.29) is 23.2 Å². The summed E-state index contributed by atoms with van der Waals surface area (Å²) in [7, 11) is 1.47.